The van der Waals surface area contributed by atoms with Crippen LogP contribution in [0.2, 0.25) is 0 Å². The first-order chi connectivity index (χ1) is 10.5. The summed E-state index contributed by atoms with van der Waals surface area (Å²) in [6, 6.07) is 1.80. The predicted molar refractivity (Wildman–Crippen MR) is 85.6 cm³/mol. The fraction of sp³-hybridized carbons (Fsp3) is 0.562. The molecule has 1 unspecified atom stereocenters. The van der Waals surface area contributed by atoms with Crippen molar-refractivity contribution >= 4 is 16.9 Å². The minimum absolute atomic E-state index is 0.0168. The lowest BCUT2D eigenvalue weighted by molar-refractivity contribution is 0.0929. The number of hydrogen-bond acceptors (Lipinski definition) is 4. The molecular formula is C16H24N4O2. The summed E-state index contributed by atoms with van der Waals surface area (Å²) in [6.45, 7) is 7.11. The number of amides is 1. The minimum atomic E-state index is -0.161. The highest BCUT2D eigenvalue weighted by Crippen LogP contribution is 2.14. The summed E-state index contributed by atoms with van der Waals surface area (Å²) >= 11 is 0. The molecular weight excluding hydrogens is 280 g/mol. The van der Waals surface area contributed by atoms with Gasteiger partial charge in [-0.2, -0.15) is 5.10 Å². The Morgan fingerprint density at radius 2 is 2.18 bits per heavy atom. The van der Waals surface area contributed by atoms with Crippen LogP contribution >= 0.6 is 0 Å². The molecule has 1 amide bonds. The van der Waals surface area contributed by atoms with E-state index in [4.69, 9.17) is 5.11 Å². The third-order valence-corrected chi connectivity index (χ3v) is 3.58. The maximum Gasteiger partial charge on any atom is 0.253 e. The van der Waals surface area contributed by atoms with Gasteiger partial charge >= 0.3 is 0 Å². The molecule has 0 aromatic carbocycles. The maximum absolute atomic E-state index is 12.3. The van der Waals surface area contributed by atoms with Crippen molar-refractivity contribution in [1.29, 1.82) is 0 Å². The second kappa shape index (κ2) is 7.35. The van der Waals surface area contributed by atoms with E-state index in [0.29, 0.717) is 17.9 Å². The number of nitrogens with zero attached hydrogens (tertiary/aromatic N) is 3. The SMILES string of the molecule is CCC(CCO)NC(=O)c1cnc2c(cnn2CC(C)C)c1. The topological polar surface area (TPSA) is 80.0 Å². The Labute approximate surface area is 130 Å². The fourth-order valence-electron chi connectivity index (χ4n) is 2.38. The third-order valence-electron chi connectivity index (χ3n) is 3.58. The summed E-state index contributed by atoms with van der Waals surface area (Å²) in [6.07, 6.45) is 4.67. The third kappa shape index (κ3) is 3.82. The molecule has 0 bridgehead atoms. The number of aromatic nitrogens is 3. The molecule has 0 saturated carbocycles. The van der Waals surface area contributed by atoms with Crippen molar-refractivity contribution in [1.82, 2.24) is 20.1 Å². The number of fused-ring (bicyclic) bond motifs is 1. The molecule has 0 saturated heterocycles. The summed E-state index contributed by atoms with van der Waals surface area (Å²) in [5, 5.41) is 17.1. The van der Waals surface area contributed by atoms with Crippen LogP contribution in [0.1, 0.15) is 44.0 Å². The largest absolute Gasteiger partial charge is 0.396 e. The van der Waals surface area contributed by atoms with Gasteiger partial charge in [-0.3, -0.25) is 4.79 Å². The first-order valence-corrected chi connectivity index (χ1v) is 7.78. The van der Waals surface area contributed by atoms with Gasteiger partial charge in [-0.1, -0.05) is 20.8 Å². The summed E-state index contributed by atoms with van der Waals surface area (Å²) in [7, 11) is 0. The molecule has 0 aliphatic heterocycles. The van der Waals surface area contributed by atoms with E-state index in [1.807, 2.05) is 17.7 Å². The van der Waals surface area contributed by atoms with Gasteiger partial charge in [0.05, 0.1) is 11.8 Å². The Kier molecular flexibility index (Phi) is 5.49. The van der Waals surface area contributed by atoms with Crippen LogP contribution in [0.3, 0.4) is 0 Å². The molecule has 0 spiro atoms. The van der Waals surface area contributed by atoms with E-state index < -0.39 is 0 Å². The molecule has 0 aliphatic carbocycles. The molecule has 2 N–H and O–H groups in total. The molecule has 120 valence electrons. The van der Waals surface area contributed by atoms with Crippen LogP contribution in [0.4, 0.5) is 0 Å². The summed E-state index contributed by atoms with van der Waals surface area (Å²) < 4.78 is 1.86. The quantitative estimate of drug-likeness (QED) is 0.819. The molecule has 0 radical (unpaired) electrons. The van der Waals surface area contributed by atoms with Gasteiger partial charge in [0, 0.05) is 30.8 Å². The first-order valence-electron chi connectivity index (χ1n) is 7.78. The second-order valence-electron chi connectivity index (χ2n) is 5.95. The van der Waals surface area contributed by atoms with E-state index in [9.17, 15) is 4.79 Å². The molecule has 0 fully saturated rings. The van der Waals surface area contributed by atoms with E-state index in [0.717, 1.165) is 24.0 Å². The minimum Gasteiger partial charge on any atom is -0.396 e. The number of aliphatic hydroxyl groups excluding tert-OH is 1. The maximum atomic E-state index is 12.3. The number of aliphatic hydroxyl groups is 1. The van der Waals surface area contributed by atoms with Gasteiger partial charge in [-0.05, 0) is 24.8 Å². The van der Waals surface area contributed by atoms with Crippen LogP contribution in [-0.4, -0.2) is 38.4 Å². The average Bonchev–Trinajstić information content (AvgIpc) is 2.88. The molecule has 1 atom stereocenters. The average molecular weight is 304 g/mol. The van der Waals surface area contributed by atoms with Crippen molar-refractivity contribution in [3.63, 3.8) is 0 Å². The first kappa shape index (κ1) is 16.4. The Bertz CT molecular complexity index is 636. The monoisotopic (exact) mass is 304 g/mol. The van der Waals surface area contributed by atoms with E-state index in [-0.39, 0.29) is 18.6 Å². The lowest BCUT2D eigenvalue weighted by Crippen LogP contribution is -2.35. The number of carbonyl (C=O) groups excluding carboxylic acids is 1. The zero-order valence-corrected chi connectivity index (χ0v) is 13.4. The van der Waals surface area contributed by atoms with E-state index in [1.165, 1.54) is 0 Å². The molecule has 2 rings (SSSR count). The number of pyridine rings is 1. The molecule has 6 heteroatoms. The van der Waals surface area contributed by atoms with Gasteiger partial charge in [-0.15, -0.1) is 0 Å². The number of rotatable bonds is 7. The summed E-state index contributed by atoms with van der Waals surface area (Å²) in [4.78, 5) is 16.6. The zero-order chi connectivity index (χ0) is 16.1. The van der Waals surface area contributed by atoms with Crippen LogP contribution in [0, 0.1) is 5.92 Å². The molecule has 22 heavy (non-hydrogen) atoms. The molecule has 2 aromatic heterocycles. The van der Waals surface area contributed by atoms with Gasteiger partial charge in [0.25, 0.3) is 5.91 Å². The van der Waals surface area contributed by atoms with Crippen molar-refractivity contribution < 1.29 is 9.90 Å². The van der Waals surface area contributed by atoms with Crippen LogP contribution in [0.15, 0.2) is 18.5 Å². The smallest absolute Gasteiger partial charge is 0.253 e. The van der Waals surface area contributed by atoms with Crippen molar-refractivity contribution in [2.75, 3.05) is 6.61 Å². The van der Waals surface area contributed by atoms with E-state index in [1.54, 1.807) is 12.4 Å². The van der Waals surface area contributed by atoms with Crippen molar-refractivity contribution in [2.24, 2.45) is 5.92 Å². The Morgan fingerprint density at radius 1 is 1.41 bits per heavy atom. The highest BCUT2D eigenvalue weighted by molar-refractivity contribution is 5.96. The van der Waals surface area contributed by atoms with Gasteiger partial charge in [0.2, 0.25) is 0 Å². The highest BCUT2D eigenvalue weighted by atomic mass is 16.3. The normalized spacial score (nSPS) is 12.8. The standard InChI is InChI=1S/C16H24N4O2/c1-4-14(5-6-21)19-16(22)13-7-12-9-18-20(10-11(2)3)15(12)17-8-13/h7-9,11,14,21H,4-6,10H2,1-3H3,(H,19,22). The van der Waals surface area contributed by atoms with Crippen LogP contribution in [0.5, 0.6) is 0 Å². The molecule has 6 nitrogen and oxygen atoms in total. The zero-order valence-electron chi connectivity index (χ0n) is 13.4. The fourth-order valence-corrected chi connectivity index (χ4v) is 2.38. The molecule has 2 aromatic rings. The summed E-state index contributed by atoms with van der Waals surface area (Å²) in [5.41, 5.74) is 1.32. The van der Waals surface area contributed by atoms with Crippen LogP contribution in [0.25, 0.3) is 11.0 Å². The van der Waals surface area contributed by atoms with Gasteiger partial charge < -0.3 is 10.4 Å². The number of carbonyl (C=O) groups is 1. The van der Waals surface area contributed by atoms with Crippen molar-refractivity contribution in [3.8, 4) is 0 Å². The number of hydrogen-bond donors (Lipinski definition) is 2. The lowest BCUT2D eigenvalue weighted by atomic mass is 10.1. The van der Waals surface area contributed by atoms with E-state index >= 15 is 0 Å². The predicted octanol–water partition coefficient (Wildman–Crippen LogP) is 1.98. The lowest BCUT2D eigenvalue weighted by Gasteiger charge is -2.15. The summed E-state index contributed by atoms with van der Waals surface area (Å²) in [5.74, 6) is 0.322. The van der Waals surface area contributed by atoms with Gasteiger partial charge in [-0.25, -0.2) is 9.67 Å². The van der Waals surface area contributed by atoms with Crippen molar-refractivity contribution in [3.05, 3.63) is 24.0 Å². The van der Waals surface area contributed by atoms with Crippen LogP contribution < -0.4 is 5.32 Å². The Morgan fingerprint density at radius 3 is 2.82 bits per heavy atom. The van der Waals surface area contributed by atoms with Crippen molar-refractivity contribution in [2.45, 2.75) is 46.2 Å². The number of nitrogens with one attached hydrogen (secondary N) is 1. The highest BCUT2D eigenvalue weighted by Gasteiger charge is 2.14. The van der Waals surface area contributed by atoms with Gasteiger partial charge in [0.15, 0.2) is 5.65 Å². The Balaban J connectivity index is 2.17. The Hall–Kier alpha value is -1.95. The van der Waals surface area contributed by atoms with E-state index in [2.05, 4.69) is 29.2 Å². The second-order valence-corrected chi connectivity index (χ2v) is 5.95. The van der Waals surface area contributed by atoms with Crippen LogP contribution in [-0.2, 0) is 6.54 Å². The molecule has 2 heterocycles. The molecule has 0 aliphatic rings. The van der Waals surface area contributed by atoms with Gasteiger partial charge in [0.1, 0.15) is 0 Å².